The van der Waals surface area contributed by atoms with Crippen LogP contribution in [0.3, 0.4) is 0 Å². The Bertz CT molecular complexity index is 799. The summed E-state index contributed by atoms with van der Waals surface area (Å²) >= 11 is 0. The first kappa shape index (κ1) is 16.3. The van der Waals surface area contributed by atoms with Gasteiger partial charge in [-0.05, 0) is 48.6 Å². The number of fused-ring (bicyclic) bond motifs is 1. The number of carbonyl (C=O) groups is 1. The number of hydrogen-bond acceptors (Lipinski definition) is 3. The van der Waals surface area contributed by atoms with Gasteiger partial charge in [-0.15, -0.1) is 0 Å². The summed E-state index contributed by atoms with van der Waals surface area (Å²) < 4.78 is 11.3. The van der Waals surface area contributed by atoms with Gasteiger partial charge in [-0.2, -0.15) is 0 Å². The van der Waals surface area contributed by atoms with Gasteiger partial charge in [0.05, 0.1) is 12.2 Å². The van der Waals surface area contributed by atoms with Gasteiger partial charge in [-0.1, -0.05) is 38.1 Å². The lowest BCUT2D eigenvalue weighted by molar-refractivity contribution is 0.101. The predicted octanol–water partition coefficient (Wildman–Crippen LogP) is 5.13. The first-order valence-electron chi connectivity index (χ1n) is 8.31. The zero-order chi connectivity index (χ0) is 17.3. The van der Waals surface area contributed by atoms with E-state index in [0.717, 1.165) is 16.9 Å². The van der Waals surface area contributed by atoms with Crippen LogP contribution in [0.25, 0.3) is 6.08 Å². The summed E-state index contributed by atoms with van der Waals surface area (Å²) in [6.07, 6.45) is 1.80. The SMILES string of the molecule is CCOc1cc(C)c2c(c1)O/C(=C\c1ccc(C(C)C)cc1)C2=O. The van der Waals surface area contributed by atoms with Crippen molar-refractivity contribution in [1.29, 1.82) is 0 Å². The van der Waals surface area contributed by atoms with E-state index in [2.05, 4.69) is 26.0 Å². The van der Waals surface area contributed by atoms with E-state index in [1.165, 1.54) is 5.56 Å². The van der Waals surface area contributed by atoms with Crippen LogP contribution in [-0.2, 0) is 0 Å². The van der Waals surface area contributed by atoms with Crippen LogP contribution in [-0.4, -0.2) is 12.4 Å². The molecule has 3 nitrogen and oxygen atoms in total. The molecule has 0 unspecified atom stereocenters. The lowest BCUT2D eigenvalue weighted by atomic mass is 10.0. The van der Waals surface area contributed by atoms with E-state index in [0.29, 0.717) is 29.6 Å². The van der Waals surface area contributed by atoms with Crippen LogP contribution >= 0.6 is 0 Å². The monoisotopic (exact) mass is 322 g/mol. The average Bonchev–Trinajstić information content (AvgIpc) is 2.84. The number of ether oxygens (including phenoxy) is 2. The summed E-state index contributed by atoms with van der Waals surface area (Å²) in [6, 6.07) is 11.9. The fourth-order valence-corrected chi connectivity index (χ4v) is 2.86. The molecule has 0 saturated heterocycles. The molecule has 24 heavy (non-hydrogen) atoms. The minimum atomic E-state index is -0.0708. The van der Waals surface area contributed by atoms with Crippen molar-refractivity contribution in [3.63, 3.8) is 0 Å². The van der Waals surface area contributed by atoms with E-state index < -0.39 is 0 Å². The molecular weight excluding hydrogens is 300 g/mol. The van der Waals surface area contributed by atoms with E-state index >= 15 is 0 Å². The highest BCUT2D eigenvalue weighted by Gasteiger charge is 2.29. The Morgan fingerprint density at radius 1 is 1.17 bits per heavy atom. The molecule has 0 aliphatic carbocycles. The van der Waals surface area contributed by atoms with Crippen LogP contribution in [0.15, 0.2) is 42.2 Å². The summed E-state index contributed by atoms with van der Waals surface area (Å²) in [4.78, 5) is 12.6. The minimum absolute atomic E-state index is 0.0708. The summed E-state index contributed by atoms with van der Waals surface area (Å²) in [5.74, 6) is 2.08. The number of benzene rings is 2. The number of rotatable bonds is 4. The van der Waals surface area contributed by atoms with Crippen molar-refractivity contribution in [1.82, 2.24) is 0 Å². The lowest BCUT2D eigenvalue weighted by Gasteiger charge is -2.06. The molecule has 0 amide bonds. The molecular formula is C21H22O3. The number of Topliss-reactive ketones (excluding diaryl/α,β-unsaturated/α-hetero) is 1. The topological polar surface area (TPSA) is 35.5 Å². The van der Waals surface area contributed by atoms with Gasteiger partial charge in [-0.25, -0.2) is 0 Å². The van der Waals surface area contributed by atoms with E-state index in [-0.39, 0.29) is 5.78 Å². The van der Waals surface area contributed by atoms with E-state index in [4.69, 9.17) is 9.47 Å². The molecule has 0 fully saturated rings. The summed E-state index contributed by atoms with van der Waals surface area (Å²) in [5, 5.41) is 0. The van der Waals surface area contributed by atoms with Gasteiger partial charge in [0.1, 0.15) is 11.5 Å². The number of hydrogen-bond donors (Lipinski definition) is 0. The van der Waals surface area contributed by atoms with Crippen LogP contribution in [0.1, 0.15) is 53.7 Å². The Morgan fingerprint density at radius 2 is 1.88 bits per heavy atom. The maximum absolute atomic E-state index is 12.6. The van der Waals surface area contributed by atoms with Crippen molar-refractivity contribution in [3.8, 4) is 11.5 Å². The molecule has 3 rings (SSSR count). The molecule has 0 aromatic heterocycles. The number of ketones is 1. The summed E-state index contributed by atoms with van der Waals surface area (Å²) in [7, 11) is 0. The number of carbonyl (C=O) groups excluding carboxylic acids is 1. The number of allylic oxidation sites excluding steroid dienone is 1. The van der Waals surface area contributed by atoms with Crippen molar-refractivity contribution in [2.75, 3.05) is 6.61 Å². The molecule has 0 bridgehead atoms. The predicted molar refractivity (Wildman–Crippen MR) is 95.8 cm³/mol. The maximum Gasteiger partial charge on any atom is 0.232 e. The Labute approximate surface area is 142 Å². The average molecular weight is 322 g/mol. The molecule has 0 N–H and O–H groups in total. The second-order valence-corrected chi connectivity index (χ2v) is 6.31. The summed E-state index contributed by atoms with van der Waals surface area (Å²) in [6.45, 7) is 8.74. The van der Waals surface area contributed by atoms with Crippen LogP contribution in [0.5, 0.6) is 11.5 Å². The van der Waals surface area contributed by atoms with Crippen molar-refractivity contribution < 1.29 is 14.3 Å². The van der Waals surface area contributed by atoms with Crippen molar-refractivity contribution in [2.24, 2.45) is 0 Å². The van der Waals surface area contributed by atoms with Gasteiger partial charge in [0.2, 0.25) is 5.78 Å². The molecule has 1 aliphatic rings. The smallest absolute Gasteiger partial charge is 0.232 e. The van der Waals surface area contributed by atoms with Gasteiger partial charge < -0.3 is 9.47 Å². The van der Waals surface area contributed by atoms with Gasteiger partial charge in [0.25, 0.3) is 0 Å². The molecule has 2 aromatic carbocycles. The van der Waals surface area contributed by atoms with Gasteiger partial charge in [0.15, 0.2) is 5.76 Å². The fourth-order valence-electron chi connectivity index (χ4n) is 2.86. The molecule has 0 atom stereocenters. The third-order valence-electron chi connectivity index (χ3n) is 4.16. The Balaban J connectivity index is 1.91. The van der Waals surface area contributed by atoms with E-state index in [1.807, 2.05) is 32.0 Å². The van der Waals surface area contributed by atoms with Gasteiger partial charge in [0, 0.05) is 6.07 Å². The normalized spacial score (nSPS) is 14.9. The quantitative estimate of drug-likeness (QED) is 0.732. The molecule has 2 aromatic rings. The molecule has 0 saturated carbocycles. The standard InChI is InChI=1S/C21H22O3/c1-5-23-17-10-14(4)20-18(12-17)24-19(21(20)22)11-15-6-8-16(9-7-15)13(2)3/h6-13H,5H2,1-4H3/b19-11-. The highest BCUT2D eigenvalue weighted by molar-refractivity contribution is 6.15. The Morgan fingerprint density at radius 3 is 2.50 bits per heavy atom. The second kappa shape index (κ2) is 6.52. The lowest BCUT2D eigenvalue weighted by Crippen LogP contribution is -2.00. The summed E-state index contributed by atoms with van der Waals surface area (Å²) in [5.41, 5.74) is 3.73. The highest BCUT2D eigenvalue weighted by atomic mass is 16.5. The van der Waals surface area contributed by atoms with Crippen molar-refractivity contribution in [2.45, 2.75) is 33.6 Å². The zero-order valence-corrected chi connectivity index (χ0v) is 14.6. The van der Waals surface area contributed by atoms with Gasteiger partial charge >= 0.3 is 0 Å². The second-order valence-electron chi connectivity index (χ2n) is 6.31. The molecule has 1 aliphatic heterocycles. The fraction of sp³-hybridized carbons (Fsp3) is 0.286. The molecule has 0 spiro atoms. The minimum Gasteiger partial charge on any atom is -0.494 e. The molecule has 3 heteroatoms. The third-order valence-corrected chi connectivity index (χ3v) is 4.16. The van der Waals surface area contributed by atoms with Crippen LogP contribution in [0, 0.1) is 6.92 Å². The van der Waals surface area contributed by atoms with E-state index in [1.54, 1.807) is 12.1 Å². The van der Waals surface area contributed by atoms with Crippen molar-refractivity contribution >= 4 is 11.9 Å². The Hall–Kier alpha value is -2.55. The van der Waals surface area contributed by atoms with Crippen LogP contribution in [0.4, 0.5) is 0 Å². The largest absolute Gasteiger partial charge is 0.494 e. The number of aryl methyl sites for hydroxylation is 1. The molecule has 0 radical (unpaired) electrons. The maximum atomic E-state index is 12.6. The van der Waals surface area contributed by atoms with E-state index in [9.17, 15) is 4.79 Å². The van der Waals surface area contributed by atoms with Crippen LogP contribution in [0.2, 0.25) is 0 Å². The first-order chi connectivity index (χ1) is 11.5. The highest BCUT2D eigenvalue weighted by Crippen LogP contribution is 2.37. The molecule has 124 valence electrons. The first-order valence-corrected chi connectivity index (χ1v) is 8.31. The van der Waals surface area contributed by atoms with Gasteiger partial charge in [-0.3, -0.25) is 4.79 Å². The van der Waals surface area contributed by atoms with Crippen LogP contribution < -0.4 is 9.47 Å². The van der Waals surface area contributed by atoms with Crippen molar-refractivity contribution in [3.05, 3.63) is 64.4 Å². The molecule has 1 heterocycles. The third kappa shape index (κ3) is 3.07. The zero-order valence-electron chi connectivity index (χ0n) is 14.6. The Kier molecular flexibility index (Phi) is 4.43.